The first-order chi connectivity index (χ1) is 16.4. The van der Waals surface area contributed by atoms with Crippen LogP contribution < -0.4 is 10.1 Å². The summed E-state index contributed by atoms with van der Waals surface area (Å²) in [5, 5.41) is 5.15. The summed E-state index contributed by atoms with van der Waals surface area (Å²) in [4.78, 5) is 17.9. The molecule has 9 heteroatoms. The number of carbonyl (C=O) groups excluding carboxylic acids is 1. The first-order valence-electron chi connectivity index (χ1n) is 11.4. The van der Waals surface area contributed by atoms with Crippen LogP contribution in [0.25, 0.3) is 11.3 Å². The lowest BCUT2D eigenvalue weighted by Gasteiger charge is -2.33. The normalized spacial score (nSPS) is 16.8. The summed E-state index contributed by atoms with van der Waals surface area (Å²) >= 11 is 1.32. The number of piperidine rings is 1. The van der Waals surface area contributed by atoms with Gasteiger partial charge in [-0.05, 0) is 61.2 Å². The highest BCUT2D eigenvalue weighted by atomic mass is 32.2. The minimum atomic E-state index is -3.78. The van der Waals surface area contributed by atoms with E-state index in [1.807, 2.05) is 41.8 Å². The summed E-state index contributed by atoms with van der Waals surface area (Å²) in [5.41, 5.74) is 2.75. The fourth-order valence-electron chi connectivity index (χ4n) is 4.12. The third-order valence-electron chi connectivity index (χ3n) is 5.95. The molecular weight excluding hydrogens is 470 g/mol. The Bertz CT molecular complexity index is 1220. The minimum Gasteiger partial charge on any atom is -0.497 e. The Morgan fingerprint density at radius 3 is 2.56 bits per heavy atom. The maximum absolute atomic E-state index is 13.4. The van der Waals surface area contributed by atoms with Crippen molar-refractivity contribution < 1.29 is 17.9 Å². The van der Waals surface area contributed by atoms with E-state index in [0.29, 0.717) is 18.1 Å². The molecule has 2 heterocycles. The van der Waals surface area contributed by atoms with E-state index < -0.39 is 16.1 Å². The number of rotatable bonds is 8. The topological polar surface area (TPSA) is 88.6 Å². The molecule has 1 aromatic heterocycles. The van der Waals surface area contributed by atoms with Crippen molar-refractivity contribution in [1.29, 1.82) is 0 Å². The zero-order chi connectivity index (χ0) is 24.1. The predicted octanol–water partition coefficient (Wildman–Crippen LogP) is 4.95. The smallest absolute Gasteiger partial charge is 0.244 e. The second-order valence-corrected chi connectivity index (χ2v) is 11.0. The Balaban J connectivity index is 1.49. The highest BCUT2D eigenvalue weighted by Gasteiger charge is 2.37. The summed E-state index contributed by atoms with van der Waals surface area (Å²) in [5.74, 6) is 0.410. The van der Waals surface area contributed by atoms with Crippen LogP contribution in [-0.4, -0.2) is 43.3 Å². The highest BCUT2D eigenvalue weighted by Crippen LogP contribution is 2.29. The second kappa shape index (κ2) is 10.7. The van der Waals surface area contributed by atoms with Gasteiger partial charge in [0.05, 0.1) is 17.7 Å². The van der Waals surface area contributed by atoms with Crippen molar-refractivity contribution in [3.8, 4) is 17.0 Å². The number of nitrogens with zero attached hydrogens (tertiary/aromatic N) is 2. The van der Waals surface area contributed by atoms with Gasteiger partial charge >= 0.3 is 0 Å². The molecule has 1 saturated heterocycles. The first kappa shape index (κ1) is 24.4. The summed E-state index contributed by atoms with van der Waals surface area (Å²) in [7, 11) is -2.17. The Morgan fingerprint density at radius 1 is 1.15 bits per heavy atom. The molecule has 1 atom stereocenters. The third kappa shape index (κ3) is 5.32. The molecule has 180 valence electrons. The molecular formula is C25H29N3O4S2. The number of sulfonamides is 1. The van der Waals surface area contributed by atoms with Gasteiger partial charge < -0.3 is 10.1 Å². The Kier molecular flexibility index (Phi) is 7.65. The minimum absolute atomic E-state index is 0.225. The maximum Gasteiger partial charge on any atom is 0.244 e. The molecule has 0 unspecified atom stereocenters. The number of amides is 1. The molecule has 0 aliphatic carbocycles. The van der Waals surface area contributed by atoms with Gasteiger partial charge in [0.15, 0.2) is 5.13 Å². The number of methoxy groups -OCH3 is 1. The fraction of sp³-hybridized carbons (Fsp3) is 0.360. The van der Waals surface area contributed by atoms with Crippen LogP contribution in [0, 0.1) is 0 Å². The molecule has 0 radical (unpaired) electrons. The predicted molar refractivity (Wildman–Crippen MR) is 135 cm³/mol. The van der Waals surface area contributed by atoms with Gasteiger partial charge in [-0.15, -0.1) is 11.3 Å². The van der Waals surface area contributed by atoms with Gasteiger partial charge in [-0.25, -0.2) is 13.4 Å². The fourth-order valence-corrected chi connectivity index (χ4v) is 6.50. The summed E-state index contributed by atoms with van der Waals surface area (Å²) < 4.78 is 33.3. The number of aryl methyl sites for hydroxylation is 1. The van der Waals surface area contributed by atoms with Crippen LogP contribution in [0.4, 0.5) is 5.13 Å². The van der Waals surface area contributed by atoms with Crippen molar-refractivity contribution in [1.82, 2.24) is 9.29 Å². The Labute approximate surface area is 204 Å². The van der Waals surface area contributed by atoms with Crippen LogP contribution in [-0.2, 0) is 21.2 Å². The summed E-state index contributed by atoms with van der Waals surface area (Å²) in [6, 6.07) is 13.7. The lowest BCUT2D eigenvalue weighted by Crippen LogP contribution is -2.49. The van der Waals surface area contributed by atoms with Crippen LogP contribution in [0.15, 0.2) is 58.8 Å². The van der Waals surface area contributed by atoms with E-state index in [1.165, 1.54) is 15.6 Å². The average Bonchev–Trinajstić information content (AvgIpc) is 3.33. The van der Waals surface area contributed by atoms with Gasteiger partial charge in [0.1, 0.15) is 11.8 Å². The zero-order valence-electron chi connectivity index (χ0n) is 19.4. The maximum atomic E-state index is 13.4. The zero-order valence-corrected chi connectivity index (χ0v) is 21.0. The number of nitrogens with one attached hydrogen (secondary N) is 1. The number of aromatic nitrogens is 1. The molecule has 3 aromatic rings. The molecule has 0 spiro atoms. The average molecular weight is 500 g/mol. The van der Waals surface area contributed by atoms with E-state index in [-0.39, 0.29) is 10.8 Å². The van der Waals surface area contributed by atoms with E-state index in [9.17, 15) is 13.2 Å². The number of ether oxygens (including phenoxy) is 1. The van der Waals surface area contributed by atoms with Gasteiger partial charge in [0, 0.05) is 17.5 Å². The second-order valence-electron chi connectivity index (χ2n) is 8.28. The van der Waals surface area contributed by atoms with Crippen LogP contribution in [0.3, 0.4) is 0 Å². The monoisotopic (exact) mass is 499 g/mol. The van der Waals surface area contributed by atoms with E-state index in [2.05, 4.69) is 17.2 Å². The summed E-state index contributed by atoms with van der Waals surface area (Å²) in [6.45, 7) is 2.41. The van der Waals surface area contributed by atoms with Crippen molar-refractivity contribution >= 4 is 32.4 Å². The molecule has 1 fully saturated rings. The molecule has 0 bridgehead atoms. The van der Waals surface area contributed by atoms with E-state index >= 15 is 0 Å². The number of anilines is 1. The van der Waals surface area contributed by atoms with Crippen molar-refractivity contribution in [3.05, 3.63) is 59.5 Å². The molecule has 34 heavy (non-hydrogen) atoms. The van der Waals surface area contributed by atoms with Crippen molar-refractivity contribution in [3.63, 3.8) is 0 Å². The first-order valence-corrected chi connectivity index (χ1v) is 13.8. The SMILES string of the molecule is CCCc1ccc(S(=O)(=O)N2CCCC[C@@H]2C(=O)Nc2nc(-c3ccc(OC)cc3)cs2)cc1. The molecule has 1 aliphatic heterocycles. The third-order valence-corrected chi connectivity index (χ3v) is 8.63. The van der Waals surface area contributed by atoms with Crippen LogP contribution in [0.5, 0.6) is 5.75 Å². The van der Waals surface area contributed by atoms with E-state index in [4.69, 9.17) is 4.74 Å². The molecule has 1 aliphatic rings. The van der Waals surface area contributed by atoms with Crippen molar-refractivity contribution in [2.45, 2.75) is 50.0 Å². The van der Waals surface area contributed by atoms with E-state index in [0.717, 1.165) is 48.3 Å². The Hall–Kier alpha value is -2.75. The quantitative estimate of drug-likeness (QED) is 0.474. The standard InChI is InChI=1S/C25H29N3O4S2/c1-3-6-18-8-14-21(15-9-18)34(30,31)28-16-5-4-7-23(28)24(29)27-25-26-22(17-33-25)19-10-12-20(32-2)13-11-19/h8-15,17,23H,3-7,16H2,1-2H3,(H,26,27,29)/t23-/m1/s1. The molecule has 2 aromatic carbocycles. The molecule has 1 amide bonds. The number of hydrogen-bond donors (Lipinski definition) is 1. The van der Waals surface area contributed by atoms with Crippen LogP contribution in [0.1, 0.15) is 38.2 Å². The summed E-state index contributed by atoms with van der Waals surface area (Å²) in [6.07, 6.45) is 3.92. The van der Waals surface area contributed by atoms with Crippen LogP contribution in [0.2, 0.25) is 0 Å². The van der Waals surface area contributed by atoms with Gasteiger partial charge in [-0.1, -0.05) is 31.9 Å². The number of benzene rings is 2. The van der Waals surface area contributed by atoms with Gasteiger partial charge in [0.25, 0.3) is 0 Å². The lowest BCUT2D eigenvalue weighted by atomic mass is 10.0. The Morgan fingerprint density at radius 2 is 1.88 bits per heavy atom. The molecule has 1 N–H and O–H groups in total. The van der Waals surface area contributed by atoms with Crippen LogP contribution >= 0.6 is 11.3 Å². The van der Waals surface area contributed by atoms with Crippen molar-refractivity contribution in [2.24, 2.45) is 0 Å². The number of hydrogen-bond acceptors (Lipinski definition) is 6. The number of thiazole rings is 1. The van der Waals surface area contributed by atoms with E-state index in [1.54, 1.807) is 19.2 Å². The van der Waals surface area contributed by atoms with Gasteiger partial charge in [-0.3, -0.25) is 4.79 Å². The molecule has 7 nitrogen and oxygen atoms in total. The largest absolute Gasteiger partial charge is 0.497 e. The molecule has 0 saturated carbocycles. The lowest BCUT2D eigenvalue weighted by molar-refractivity contribution is -0.120. The van der Waals surface area contributed by atoms with Gasteiger partial charge in [-0.2, -0.15) is 4.31 Å². The highest BCUT2D eigenvalue weighted by molar-refractivity contribution is 7.89. The molecule has 4 rings (SSSR count). The van der Waals surface area contributed by atoms with Crippen molar-refractivity contribution in [2.75, 3.05) is 19.0 Å². The van der Waals surface area contributed by atoms with Gasteiger partial charge in [0.2, 0.25) is 15.9 Å². The number of carbonyl (C=O) groups is 1.